The molecule has 0 aliphatic heterocycles. The highest BCUT2D eigenvalue weighted by Crippen LogP contribution is 2.44. The van der Waals surface area contributed by atoms with Gasteiger partial charge < -0.3 is 30.6 Å². The molecule has 1 heterocycles. The average molecular weight is 479 g/mol. The number of ether oxygens (including phenoxy) is 1. The molecule has 1 aliphatic carbocycles. The number of aliphatic carboxylic acids is 1. The number of hydrogen-bond acceptors (Lipinski definition) is 6. The average Bonchev–Trinajstić information content (AvgIpc) is 3.47. The number of aliphatic hydroxyl groups is 1. The number of carbonyl (C=O) groups excluding carboxylic acids is 2. The van der Waals surface area contributed by atoms with Crippen molar-refractivity contribution in [3.63, 3.8) is 0 Å². The molecule has 2 amide bonds. The Labute approximate surface area is 201 Å². The summed E-state index contributed by atoms with van der Waals surface area (Å²) in [4.78, 5) is 43.3. The number of H-pyrrole nitrogens is 1. The van der Waals surface area contributed by atoms with Gasteiger partial charge in [-0.3, -0.25) is 4.79 Å². The van der Waals surface area contributed by atoms with Crippen LogP contribution in [0.15, 0.2) is 61.1 Å². The van der Waals surface area contributed by atoms with Crippen LogP contribution in [0, 0.1) is 0 Å². The molecule has 10 nitrogen and oxygen atoms in total. The predicted molar refractivity (Wildman–Crippen MR) is 126 cm³/mol. The number of carbonyl (C=O) groups is 3. The summed E-state index contributed by atoms with van der Waals surface area (Å²) in [6.45, 7) is 0.609. The van der Waals surface area contributed by atoms with Gasteiger partial charge in [0.2, 0.25) is 5.91 Å². The van der Waals surface area contributed by atoms with Gasteiger partial charge in [0.15, 0.2) is 5.60 Å². The Morgan fingerprint density at radius 2 is 1.74 bits per heavy atom. The smallest absolute Gasteiger partial charge is 0.407 e. The zero-order valence-corrected chi connectivity index (χ0v) is 19.0. The van der Waals surface area contributed by atoms with Gasteiger partial charge in [-0.1, -0.05) is 48.5 Å². The summed E-state index contributed by atoms with van der Waals surface area (Å²) in [6.07, 6.45) is 2.21. The van der Waals surface area contributed by atoms with Crippen LogP contribution in [0.3, 0.4) is 0 Å². The van der Waals surface area contributed by atoms with Crippen molar-refractivity contribution >= 4 is 18.0 Å². The van der Waals surface area contributed by atoms with E-state index in [0.29, 0.717) is 5.69 Å². The Kier molecular flexibility index (Phi) is 6.83. The minimum absolute atomic E-state index is 0.0608. The number of carboxylic acids is 1. The lowest BCUT2D eigenvalue weighted by atomic mass is 9.98. The fourth-order valence-electron chi connectivity index (χ4n) is 4.07. The Balaban J connectivity index is 1.43. The van der Waals surface area contributed by atoms with E-state index < -0.39 is 36.2 Å². The number of aromatic nitrogens is 2. The molecule has 0 radical (unpaired) electrons. The number of benzene rings is 2. The number of imidazole rings is 1. The zero-order chi connectivity index (χ0) is 25.0. The molecule has 1 aromatic heterocycles. The molecular weight excluding hydrogens is 452 g/mol. The van der Waals surface area contributed by atoms with Crippen molar-refractivity contribution in [1.29, 1.82) is 0 Å². The summed E-state index contributed by atoms with van der Waals surface area (Å²) in [5.41, 5.74) is 2.73. The first-order valence-corrected chi connectivity index (χ1v) is 11.1. The number of aromatic amines is 1. The third kappa shape index (κ3) is 5.33. The number of nitrogens with one attached hydrogen (secondary N) is 3. The minimum Gasteiger partial charge on any atom is -0.479 e. The van der Waals surface area contributed by atoms with Crippen LogP contribution in [0.2, 0.25) is 0 Å². The lowest BCUT2D eigenvalue weighted by Crippen LogP contribution is -2.53. The van der Waals surface area contributed by atoms with Crippen LogP contribution in [0.25, 0.3) is 11.1 Å². The largest absolute Gasteiger partial charge is 0.479 e. The topological polar surface area (TPSA) is 154 Å². The van der Waals surface area contributed by atoms with E-state index in [2.05, 4.69) is 20.6 Å². The van der Waals surface area contributed by atoms with Crippen LogP contribution >= 0.6 is 0 Å². The second kappa shape index (κ2) is 9.98. The molecule has 4 rings (SSSR count). The molecule has 1 aliphatic rings. The molecule has 0 saturated heterocycles. The highest BCUT2D eigenvalue weighted by atomic mass is 16.5. The lowest BCUT2D eigenvalue weighted by molar-refractivity contribution is -0.156. The molecule has 5 N–H and O–H groups in total. The summed E-state index contributed by atoms with van der Waals surface area (Å²) in [5.74, 6) is -2.29. The molecule has 2 atom stereocenters. The van der Waals surface area contributed by atoms with Crippen molar-refractivity contribution in [3.05, 3.63) is 77.9 Å². The molecule has 0 spiro atoms. The molecule has 10 heteroatoms. The third-order valence-corrected chi connectivity index (χ3v) is 6.00. The normalized spacial score (nSPS) is 14.8. The fourth-order valence-corrected chi connectivity index (χ4v) is 4.07. The molecule has 3 aromatic rings. The minimum atomic E-state index is -2.15. The van der Waals surface area contributed by atoms with Crippen LogP contribution in [0.4, 0.5) is 4.79 Å². The number of carboxylic acid groups (broad SMARTS) is 1. The van der Waals surface area contributed by atoms with Crippen LogP contribution < -0.4 is 10.6 Å². The highest BCUT2D eigenvalue weighted by molar-refractivity contribution is 5.87. The van der Waals surface area contributed by atoms with E-state index in [0.717, 1.165) is 29.2 Å². The SMILES string of the molecule is CC(O)(CNC(=O)[C@H](Cc1cnc[nH]1)NC(=O)OCC1c2ccccc2-c2ccccc21)C(=O)O. The van der Waals surface area contributed by atoms with E-state index >= 15 is 0 Å². The van der Waals surface area contributed by atoms with Gasteiger partial charge in [0, 0.05) is 24.2 Å². The van der Waals surface area contributed by atoms with Crippen molar-refractivity contribution in [2.75, 3.05) is 13.2 Å². The van der Waals surface area contributed by atoms with E-state index in [4.69, 9.17) is 9.84 Å². The molecular formula is C25H26N4O6. The zero-order valence-electron chi connectivity index (χ0n) is 19.0. The van der Waals surface area contributed by atoms with Gasteiger partial charge in [-0.05, 0) is 29.2 Å². The number of hydrogen-bond donors (Lipinski definition) is 5. The molecule has 1 unspecified atom stereocenters. The van der Waals surface area contributed by atoms with Crippen molar-refractivity contribution in [3.8, 4) is 11.1 Å². The molecule has 0 bridgehead atoms. The number of alkyl carbamates (subject to hydrolysis) is 1. The number of fused-ring (bicyclic) bond motifs is 3. The Morgan fingerprint density at radius 1 is 1.11 bits per heavy atom. The summed E-state index contributed by atoms with van der Waals surface area (Å²) in [5, 5.41) is 23.9. The fraction of sp³-hybridized carbons (Fsp3) is 0.280. The van der Waals surface area contributed by atoms with Crippen LogP contribution in [0.1, 0.15) is 29.7 Å². The number of rotatable bonds is 9. The van der Waals surface area contributed by atoms with Crippen molar-refractivity contribution in [1.82, 2.24) is 20.6 Å². The summed E-state index contributed by atoms with van der Waals surface area (Å²) in [7, 11) is 0. The molecule has 35 heavy (non-hydrogen) atoms. The van der Waals surface area contributed by atoms with Gasteiger partial charge in [-0.2, -0.15) is 0 Å². The van der Waals surface area contributed by atoms with Gasteiger partial charge in [0.25, 0.3) is 0 Å². The van der Waals surface area contributed by atoms with E-state index in [9.17, 15) is 19.5 Å². The van der Waals surface area contributed by atoms with E-state index in [-0.39, 0.29) is 18.9 Å². The molecule has 182 valence electrons. The maximum absolute atomic E-state index is 12.7. The van der Waals surface area contributed by atoms with Gasteiger partial charge in [0.05, 0.1) is 12.9 Å². The maximum Gasteiger partial charge on any atom is 0.407 e. The first-order chi connectivity index (χ1) is 16.8. The monoisotopic (exact) mass is 478 g/mol. The van der Waals surface area contributed by atoms with Crippen LogP contribution in [-0.2, 0) is 20.7 Å². The highest BCUT2D eigenvalue weighted by Gasteiger charge is 2.33. The third-order valence-electron chi connectivity index (χ3n) is 6.00. The first-order valence-electron chi connectivity index (χ1n) is 11.1. The van der Waals surface area contributed by atoms with E-state index in [1.807, 2.05) is 48.5 Å². The lowest BCUT2D eigenvalue weighted by Gasteiger charge is -2.22. The Bertz CT molecular complexity index is 1180. The van der Waals surface area contributed by atoms with Gasteiger partial charge >= 0.3 is 12.1 Å². The number of amides is 2. The predicted octanol–water partition coefficient (Wildman–Crippen LogP) is 1.81. The van der Waals surface area contributed by atoms with E-state index in [1.165, 1.54) is 12.5 Å². The van der Waals surface area contributed by atoms with Crippen LogP contribution in [-0.4, -0.2) is 62.9 Å². The Morgan fingerprint density at radius 3 is 2.31 bits per heavy atom. The summed E-state index contributed by atoms with van der Waals surface area (Å²) >= 11 is 0. The molecule has 0 fully saturated rings. The quantitative estimate of drug-likeness (QED) is 0.314. The van der Waals surface area contributed by atoms with E-state index in [1.54, 1.807) is 0 Å². The maximum atomic E-state index is 12.7. The molecule has 2 aromatic carbocycles. The van der Waals surface area contributed by atoms with Gasteiger partial charge in [0.1, 0.15) is 12.6 Å². The number of nitrogens with zero attached hydrogens (tertiary/aromatic N) is 1. The van der Waals surface area contributed by atoms with Gasteiger partial charge in [-0.15, -0.1) is 0 Å². The summed E-state index contributed by atoms with van der Waals surface area (Å²) < 4.78 is 5.52. The standard InChI is InChI=1S/C25H26N4O6/c1-25(34,23(31)32)13-27-22(30)21(10-15-11-26-14-28-15)29-24(33)35-12-20-18-8-4-2-6-16(18)17-7-3-5-9-19(17)20/h2-9,11,14,20-21,34H,10,12-13H2,1H3,(H,26,28)(H,27,30)(H,29,33)(H,31,32)/t21-,25?/m0/s1. The summed E-state index contributed by atoms with van der Waals surface area (Å²) in [6, 6.07) is 14.8. The first kappa shape index (κ1) is 24.0. The van der Waals surface area contributed by atoms with Gasteiger partial charge in [-0.25, -0.2) is 14.6 Å². The van der Waals surface area contributed by atoms with Crippen molar-refractivity contribution in [2.45, 2.75) is 30.9 Å². The van der Waals surface area contributed by atoms with Crippen molar-refractivity contribution < 1.29 is 29.3 Å². The second-order valence-electron chi connectivity index (χ2n) is 8.60. The van der Waals surface area contributed by atoms with Crippen molar-refractivity contribution in [2.24, 2.45) is 0 Å². The Hall–Kier alpha value is -4.18. The second-order valence-corrected chi connectivity index (χ2v) is 8.60. The van der Waals surface area contributed by atoms with Crippen LogP contribution in [0.5, 0.6) is 0 Å². The molecule has 0 saturated carbocycles.